The quantitative estimate of drug-likeness (QED) is 0.890. The van der Waals surface area contributed by atoms with E-state index in [-0.39, 0.29) is 16.9 Å². The second kappa shape index (κ2) is 5.42. The Balaban J connectivity index is 2.63. The van der Waals surface area contributed by atoms with Gasteiger partial charge in [0.15, 0.2) is 9.84 Å². The fourth-order valence-corrected chi connectivity index (χ4v) is 3.72. The number of alkyl halides is 1. The Labute approximate surface area is 118 Å². The predicted molar refractivity (Wildman–Crippen MR) is 73.0 cm³/mol. The molecule has 0 unspecified atom stereocenters. The van der Waals surface area contributed by atoms with Gasteiger partial charge >= 0.3 is 0 Å². The van der Waals surface area contributed by atoms with Gasteiger partial charge in [0.25, 0.3) is 0 Å². The van der Waals surface area contributed by atoms with Gasteiger partial charge in [0.1, 0.15) is 12.3 Å². The predicted octanol–water partition coefficient (Wildman–Crippen LogP) is 1.85. The molecule has 0 heterocycles. The lowest BCUT2D eigenvalue weighted by Gasteiger charge is -2.17. The number of hydrogen-bond donors (Lipinski definition) is 2. The van der Waals surface area contributed by atoms with Crippen molar-refractivity contribution >= 4 is 9.84 Å². The number of hydrogen-bond acceptors (Lipinski definition) is 4. The summed E-state index contributed by atoms with van der Waals surface area (Å²) < 4.78 is 37.3. The third kappa shape index (κ3) is 2.60. The van der Waals surface area contributed by atoms with E-state index in [1.807, 2.05) is 6.92 Å². The van der Waals surface area contributed by atoms with Crippen LogP contribution < -0.4 is 0 Å². The molecule has 0 saturated heterocycles. The maximum Gasteiger partial charge on any atom is 0.175 e. The van der Waals surface area contributed by atoms with Crippen molar-refractivity contribution in [3.05, 3.63) is 28.8 Å². The molecule has 0 aliphatic heterocycles. The van der Waals surface area contributed by atoms with Crippen molar-refractivity contribution in [2.45, 2.75) is 49.5 Å². The molecular formula is C14H19FO4S. The molecule has 1 aliphatic rings. The Hall–Kier alpha value is -0.980. The third-order valence-electron chi connectivity index (χ3n) is 3.71. The molecule has 2 N–H and O–H groups in total. The number of benzene rings is 1. The van der Waals surface area contributed by atoms with Crippen molar-refractivity contribution < 1.29 is 23.0 Å². The number of aliphatic hydroxyl groups excluding tert-OH is 2. The first-order valence-corrected chi connectivity index (χ1v) is 8.52. The Kier molecular flexibility index (Phi) is 4.18. The van der Waals surface area contributed by atoms with Gasteiger partial charge < -0.3 is 10.2 Å². The molecule has 20 heavy (non-hydrogen) atoms. The SMILES string of the molecule is CCC[C@@H](O)c1ccc(S(C)(=O)=O)c2c1C[C@@H](F)[C@H]2O. The number of halogens is 1. The topological polar surface area (TPSA) is 74.6 Å². The molecule has 112 valence electrons. The second-order valence-corrected chi connectivity index (χ2v) is 7.27. The highest BCUT2D eigenvalue weighted by atomic mass is 32.2. The van der Waals surface area contributed by atoms with E-state index in [1.54, 1.807) is 0 Å². The van der Waals surface area contributed by atoms with Crippen molar-refractivity contribution in [2.24, 2.45) is 0 Å². The lowest BCUT2D eigenvalue weighted by atomic mass is 9.96. The zero-order valence-corrected chi connectivity index (χ0v) is 12.3. The standard InChI is InChI=1S/C14H19FO4S/c1-3-4-11(16)8-5-6-12(20(2,18)19)13-9(8)7-10(15)14(13)17/h5-6,10-11,14,16-17H,3-4,7H2,1-2H3/t10-,11-,14-/m1/s1. The number of rotatable bonds is 4. The van der Waals surface area contributed by atoms with Gasteiger partial charge in [-0.2, -0.15) is 0 Å². The van der Waals surface area contributed by atoms with Gasteiger partial charge in [-0.25, -0.2) is 12.8 Å². The van der Waals surface area contributed by atoms with Crippen molar-refractivity contribution in [3.63, 3.8) is 0 Å². The number of sulfone groups is 1. The molecule has 0 aromatic heterocycles. The van der Waals surface area contributed by atoms with Crippen LogP contribution in [0.25, 0.3) is 0 Å². The van der Waals surface area contributed by atoms with Gasteiger partial charge in [0.05, 0.1) is 11.0 Å². The summed E-state index contributed by atoms with van der Waals surface area (Å²) in [5.41, 5.74) is 1.08. The van der Waals surface area contributed by atoms with Crippen molar-refractivity contribution in [3.8, 4) is 0 Å². The van der Waals surface area contributed by atoms with Gasteiger partial charge in [-0.3, -0.25) is 0 Å². The van der Waals surface area contributed by atoms with Crippen LogP contribution in [0.5, 0.6) is 0 Å². The Morgan fingerprint density at radius 3 is 2.65 bits per heavy atom. The van der Waals surface area contributed by atoms with Gasteiger partial charge in [-0.05, 0) is 23.6 Å². The van der Waals surface area contributed by atoms with Gasteiger partial charge in [0.2, 0.25) is 0 Å². The van der Waals surface area contributed by atoms with Crippen molar-refractivity contribution in [2.75, 3.05) is 6.26 Å². The van der Waals surface area contributed by atoms with Crippen LogP contribution in [0.1, 0.15) is 48.7 Å². The van der Waals surface area contributed by atoms with E-state index < -0.39 is 28.2 Å². The van der Waals surface area contributed by atoms with Crippen molar-refractivity contribution in [1.82, 2.24) is 0 Å². The van der Waals surface area contributed by atoms with Crippen LogP contribution in [0, 0.1) is 0 Å². The molecule has 6 heteroatoms. The first-order valence-electron chi connectivity index (χ1n) is 6.63. The molecule has 0 amide bonds. The molecule has 0 bridgehead atoms. The van der Waals surface area contributed by atoms with E-state index in [2.05, 4.69) is 0 Å². The summed E-state index contributed by atoms with van der Waals surface area (Å²) >= 11 is 0. The van der Waals surface area contributed by atoms with E-state index in [9.17, 15) is 23.0 Å². The summed E-state index contributed by atoms with van der Waals surface area (Å²) in [6, 6.07) is 2.88. The molecule has 4 nitrogen and oxygen atoms in total. The minimum Gasteiger partial charge on any atom is -0.388 e. The average molecular weight is 302 g/mol. The highest BCUT2D eigenvalue weighted by Crippen LogP contribution is 2.41. The third-order valence-corrected chi connectivity index (χ3v) is 4.87. The highest BCUT2D eigenvalue weighted by molar-refractivity contribution is 7.90. The summed E-state index contributed by atoms with van der Waals surface area (Å²) in [4.78, 5) is -0.0485. The van der Waals surface area contributed by atoms with Crippen LogP contribution in [0.15, 0.2) is 17.0 Å². The zero-order valence-electron chi connectivity index (χ0n) is 11.5. The smallest absolute Gasteiger partial charge is 0.175 e. The highest BCUT2D eigenvalue weighted by Gasteiger charge is 2.37. The molecule has 0 spiro atoms. The Morgan fingerprint density at radius 1 is 1.45 bits per heavy atom. The maximum atomic E-state index is 13.8. The molecule has 1 aromatic carbocycles. The Bertz CT molecular complexity index is 612. The van der Waals surface area contributed by atoms with Crippen LogP contribution in [0.2, 0.25) is 0 Å². The Morgan fingerprint density at radius 2 is 2.10 bits per heavy atom. The molecular weight excluding hydrogens is 283 g/mol. The second-order valence-electron chi connectivity index (χ2n) is 5.29. The first-order chi connectivity index (χ1) is 9.27. The minimum absolute atomic E-state index is 0.0485. The van der Waals surface area contributed by atoms with E-state index in [1.165, 1.54) is 12.1 Å². The van der Waals surface area contributed by atoms with E-state index in [4.69, 9.17) is 0 Å². The lowest BCUT2D eigenvalue weighted by molar-refractivity contribution is 0.0907. The zero-order chi connectivity index (χ0) is 15.1. The van der Waals surface area contributed by atoms with Crippen LogP contribution in [-0.2, 0) is 16.3 Å². The fourth-order valence-electron chi connectivity index (χ4n) is 2.76. The molecule has 0 fully saturated rings. The van der Waals surface area contributed by atoms with E-state index in [0.29, 0.717) is 17.5 Å². The van der Waals surface area contributed by atoms with Crippen LogP contribution in [0.4, 0.5) is 4.39 Å². The fraction of sp³-hybridized carbons (Fsp3) is 0.571. The normalized spacial score (nSPS) is 23.6. The first kappa shape index (κ1) is 15.4. The molecule has 3 atom stereocenters. The maximum absolute atomic E-state index is 13.8. The monoisotopic (exact) mass is 302 g/mol. The van der Waals surface area contributed by atoms with Crippen LogP contribution in [-0.4, -0.2) is 31.1 Å². The van der Waals surface area contributed by atoms with E-state index in [0.717, 1.165) is 12.7 Å². The average Bonchev–Trinajstić information content (AvgIpc) is 2.64. The summed E-state index contributed by atoms with van der Waals surface area (Å²) in [6.07, 6.45) is -1.49. The number of fused-ring (bicyclic) bond motifs is 1. The molecule has 1 aromatic rings. The van der Waals surface area contributed by atoms with Gasteiger partial charge in [-0.1, -0.05) is 19.4 Å². The summed E-state index contributed by atoms with van der Waals surface area (Å²) in [6.45, 7) is 1.92. The number of aliphatic hydroxyl groups is 2. The molecule has 2 rings (SSSR count). The molecule has 0 radical (unpaired) electrons. The summed E-state index contributed by atoms with van der Waals surface area (Å²) in [5, 5.41) is 20.0. The van der Waals surface area contributed by atoms with Crippen LogP contribution >= 0.6 is 0 Å². The summed E-state index contributed by atoms with van der Waals surface area (Å²) in [5.74, 6) is 0. The van der Waals surface area contributed by atoms with E-state index >= 15 is 0 Å². The lowest BCUT2D eigenvalue weighted by Crippen LogP contribution is -2.10. The largest absolute Gasteiger partial charge is 0.388 e. The van der Waals surface area contributed by atoms with Crippen molar-refractivity contribution in [1.29, 1.82) is 0 Å². The van der Waals surface area contributed by atoms with Gasteiger partial charge in [-0.15, -0.1) is 0 Å². The molecule has 1 aliphatic carbocycles. The van der Waals surface area contributed by atoms with Gasteiger partial charge in [0, 0.05) is 18.2 Å². The van der Waals surface area contributed by atoms with Crippen LogP contribution in [0.3, 0.4) is 0 Å². The minimum atomic E-state index is -3.55. The molecule has 0 saturated carbocycles. The summed E-state index contributed by atoms with van der Waals surface area (Å²) in [7, 11) is -3.55.